The molecule has 2 aromatic carbocycles. The molecule has 2 aromatic heterocycles. The summed E-state index contributed by atoms with van der Waals surface area (Å²) in [6.45, 7) is 0. The molecule has 1 N–H and O–H groups in total. The zero-order valence-corrected chi connectivity index (χ0v) is 10.1. The van der Waals surface area contributed by atoms with Crippen LogP contribution in [0.15, 0.2) is 42.5 Å². The number of para-hydroxylation sites is 2. The Morgan fingerprint density at radius 3 is 2.72 bits per heavy atom. The van der Waals surface area contributed by atoms with E-state index in [1.165, 1.54) is 11.7 Å². The van der Waals surface area contributed by atoms with E-state index in [0.29, 0.717) is 0 Å². The third kappa shape index (κ3) is 1.41. The molecule has 4 nitrogen and oxygen atoms in total. The summed E-state index contributed by atoms with van der Waals surface area (Å²) < 4.78 is 8.44. The van der Waals surface area contributed by atoms with E-state index < -0.39 is 0 Å². The standard InChI is InChI=1S/C13H8N4S/c1-2-4-10-9(3-1)14-13(15-10)8-5-6-11-12(7-8)17-18-16-11/h1-7H,(H,14,15). The van der Waals surface area contributed by atoms with Crippen LogP contribution < -0.4 is 0 Å². The first-order valence-corrected chi connectivity index (χ1v) is 6.31. The summed E-state index contributed by atoms with van der Waals surface area (Å²) in [4.78, 5) is 7.89. The van der Waals surface area contributed by atoms with Crippen LogP contribution in [0.25, 0.3) is 33.5 Å². The van der Waals surface area contributed by atoms with Crippen molar-refractivity contribution < 1.29 is 0 Å². The van der Waals surface area contributed by atoms with Crippen LogP contribution in [0.5, 0.6) is 0 Å². The average molecular weight is 252 g/mol. The second-order valence-electron chi connectivity index (χ2n) is 4.07. The summed E-state index contributed by atoms with van der Waals surface area (Å²) in [7, 11) is 0. The molecular weight excluding hydrogens is 244 g/mol. The maximum Gasteiger partial charge on any atom is 0.138 e. The highest BCUT2D eigenvalue weighted by molar-refractivity contribution is 7.00. The van der Waals surface area contributed by atoms with Crippen molar-refractivity contribution in [1.82, 2.24) is 18.7 Å². The van der Waals surface area contributed by atoms with Gasteiger partial charge in [-0.2, -0.15) is 8.75 Å². The van der Waals surface area contributed by atoms with Gasteiger partial charge in [0.2, 0.25) is 0 Å². The molecule has 0 radical (unpaired) electrons. The van der Waals surface area contributed by atoms with E-state index in [1.807, 2.05) is 42.5 Å². The van der Waals surface area contributed by atoms with Crippen molar-refractivity contribution in [2.45, 2.75) is 0 Å². The van der Waals surface area contributed by atoms with Gasteiger partial charge in [0.15, 0.2) is 0 Å². The first-order valence-electron chi connectivity index (χ1n) is 5.57. The Morgan fingerprint density at radius 2 is 1.78 bits per heavy atom. The largest absolute Gasteiger partial charge is 0.338 e. The minimum Gasteiger partial charge on any atom is -0.338 e. The highest BCUT2D eigenvalue weighted by Gasteiger charge is 2.06. The number of imidazole rings is 1. The van der Waals surface area contributed by atoms with Gasteiger partial charge >= 0.3 is 0 Å². The fraction of sp³-hybridized carbons (Fsp3) is 0. The van der Waals surface area contributed by atoms with Crippen LogP contribution in [0.1, 0.15) is 0 Å². The molecule has 0 aliphatic carbocycles. The molecule has 0 unspecified atom stereocenters. The lowest BCUT2D eigenvalue weighted by atomic mass is 10.2. The van der Waals surface area contributed by atoms with Crippen LogP contribution in [-0.4, -0.2) is 18.7 Å². The zero-order valence-electron chi connectivity index (χ0n) is 9.29. The van der Waals surface area contributed by atoms with Gasteiger partial charge in [0, 0.05) is 5.56 Å². The van der Waals surface area contributed by atoms with Gasteiger partial charge in [-0.05, 0) is 30.3 Å². The van der Waals surface area contributed by atoms with Gasteiger partial charge < -0.3 is 4.98 Å². The topological polar surface area (TPSA) is 54.5 Å². The lowest BCUT2D eigenvalue weighted by molar-refractivity contribution is 1.34. The molecule has 4 rings (SSSR count). The van der Waals surface area contributed by atoms with Crippen LogP contribution in [0, 0.1) is 0 Å². The quantitative estimate of drug-likeness (QED) is 0.566. The van der Waals surface area contributed by atoms with Crippen LogP contribution in [0.3, 0.4) is 0 Å². The molecule has 86 valence electrons. The van der Waals surface area contributed by atoms with Crippen molar-refractivity contribution in [2.24, 2.45) is 0 Å². The number of hydrogen-bond acceptors (Lipinski definition) is 4. The van der Waals surface area contributed by atoms with E-state index in [-0.39, 0.29) is 0 Å². The van der Waals surface area contributed by atoms with Gasteiger partial charge in [0.05, 0.1) is 22.8 Å². The lowest BCUT2D eigenvalue weighted by Gasteiger charge is -1.95. The van der Waals surface area contributed by atoms with Crippen LogP contribution in [0.4, 0.5) is 0 Å². The third-order valence-electron chi connectivity index (χ3n) is 2.92. The Kier molecular flexibility index (Phi) is 1.95. The Morgan fingerprint density at radius 1 is 0.889 bits per heavy atom. The monoisotopic (exact) mass is 252 g/mol. The summed E-state index contributed by atoms with van der Waals surface area (Å²) in [6.07, 6.45) is 0. The van der Waals surface area contributed by atoms with E-state index in [0.717, 1.165) is 33.5 Å². The average Bonchev–Trinajstić information content (AvgIpc) is 3.04. The zero-order chi connectivity index (χ0) is 11.9. The number of nitrogens with one attached hydrogen (secondary N) is 1. The third-order valence-corrected chi connectivity index (χ3v) is 3.47. The number of benzene rings is 2. The second kappa shape index (κ2) is 3.61. The van der Waals surface area contributed by atoms with Crippen molar-refractivity contribution in [3.05, 3.63) is 42.5 Å². The maximum atomic E-state index is 4.57. The molecule has 2 heterocycles. The summed E-state index contributed by atoms with van der Waals surface area (Å²) >= 11 is 1.23. The molecule has 0 atom stereocenters. The Bertz CT molecular complexity index is 813. The fourth-order valence-corrected chi connectivity index (χ4v) is 2.54. The van der Waals surface area contributed by atoms with Gasteiger partial charge in [-0.1, -0.05) is 12.1 Å². The molecule has 5 heteroatoms. The highest BCUT2D eigenvalue weighted by Crippen LogP contribution is 2.23. The van der Waals surface area contributed by atoms with E-state index in [9.17, 15) is 0 Å². The second-order valence-corrected chi connectivity index (χ2v) is 4.60. The summed E-state index contributed by atoms with van der Waals surface area (Å²) in [5.74, 6) is 0.867. The van der Waals surface area contributed by atoms with Gasteiger partial charge in [-0.25, -0.2) is 4.98 Å². The molecule has 0 bridgehead atoms. The van der Waals surface area contributed by atoms with Gasteiger partial charge in [0.25, 0.3) is 0 Å². The normalized spacial score (nSPS) is 11.3. The maximum absolute atomic E-state index is 4.57. The predicted molar refractivity (Wildman–Crippen MR) is 72.5 cm³/mol. The van der Waals surface area contributed by atoms with Gasteiger partial charge in [0.1, 0.15) is 16.9 Å². The number of rotatable bonds is 1. The van der Waals surface area contributed by atoms with E-state index in [2.05, 4.69) is 18.7 Å². The summed E-state index contributed by atoms with van der Waals surface area (Å²) in [5, 5.41) is 0. The van der Waals surface area contributed by atoms with Gasteiger partial charge in [-0.15, -0.1) is 0 Å². The molecule has 0 fully saturated rings. The molecule has 0 amide bonds. The number of aromatic amines is 1. The van der Waals surface area contributed by atoms with Crippen molar-refractivity contribution in [3.63, 3.8) is 0 Å². The predicted octanol–water partition coefficient (Wildman–Crippen LogP) is 3.23. The van der Waals surface area contributed by atoms with E-state index in [1.54, 1.807) is 0 Å². The first kappa shape index (κ1) is 9.73. The Labute approximate surface area is 107 Å². The molecule has 0 saturated carbocycles. The van der Waals surface area contributed by atoms with Gasteiger partial charge in [-0.3, -0.25) is 0 Å². The number of fused-ring (bicyclic) bond motifs is 2. The van der Waals surface area contributed by atoms with E-state index in [4.69, 9.17) is 0 Å². The Hall–Kier alpha value is -2.27. The SMILES string of the molecule is c1ccc2[nH]c(-c3ccc4nsnc4c3)nc2c1. The molecule has 0 aliphatic rings. The summed E-state index contributed by atoms with van der Waals surface area (Å²) in [5.41, 5.74) is 4.90. The minimum atomic E-state index is 0.867. The highest BCUT2D eigenvalue weighted by atomic mass is 32.1. The van der Waals surface area contributed by atoms with Crippen molar-refractivity contribution >= 4 is 33.8 Å². The smallest absolute Gasteiger partial charge is 0.138 e. The lowest BCUT2D eigenvalue weighted by Crippen LogP contribution is -1.80. The van der Waals surface area contributed by atoms with Crippen molar-refractivity contribution in [2.75, 3.05) is 0 Å². The first-order chi connectivity index (χ1) is 8.90. The molecule has 4 aromatic rings. The number of aromatic nitrogens is 4. The fourth-order valence-electron chi connectivity index (χ4n) is 2.02. The molecule has 18 heavy (non-hydrogen) atoms. The number of H-pyrrole nitrogens is 1. The number of hydrogen-bond donors (Lipinski definition) is 1. The summed E-state index contributed by atoms with van der Waals surface area (Å²) in [6, 6.07) is 14.0. The Balaban J connectivity index is 1.94. The molecule has 0 aliphatic heterocycles. The van der Waals surface area contributed by atoms with E-state index >= 15 is 0 Å². The van der Waals surface area contributed by atoms with Crippen LogP contribution >= 0.6 is 11.7 Å². The van der Waals surface area contributed by atoms with Crippen molar-refractivity contribution in [3.8, 4) is 11.4 Å². The number of nitrogens with zero attached hydrogens (tertiary/aromatic N) is 3. The van der Waals surface area contributed by atoms with Crippen molar-refractivity contribution in [1.29, 1.82) is 0 Å². The van der Waals surface area contributed by atoms with Crippen LogP contribution in [-0.2, 0) is 0 Å². The minimum absolute atomic E-state index is 0.867. The molecule has 0 spiro atoms. The molecular formula is C13H8N4S. The van der Waals surface area contributed by atoms with Crippen LogP contribution in [0.2, 0.25) is 0 Å². The molecule has 0 saturated heterocycles.